The van der Waals surface area contributed by atoms with Crippen LogP contribution in [0.25, 0.3) is 11.0 Å². The number of rotatable bonds is 1. The van der Waals surface area contributed by atoms with Crippen molar-refractivity contribution >= 4 is 23.3 Å². The Kier molecular flexibility index (Phi) is 2.36. The first-order valence-electron chi connectivity index (χ1n) is 5.96. The van der Waals surface area contributed by atoms with Crippen LogP contribution in [0.2, 0.25) is 0 Å². The van der Waals surface area contributed by atoms with Gasteiger partial charge in [0.2, 0.25) is 0 Å². The molecule has 1 aromatic heterocycles. The molecule has 1 aromatic carbocycles. The highest BCUT2D eigenvalue weighted by molar-refractivity contribution is 7.71. The summed E-state index contributed by atoms with van der Waals surface area (Å²) in [4.78, 5) is 3.10. The third-order valence-corrected chi connectivity index (χ3v) is 4.01. The highest BCUT2D eigenvalue weighted by Crippen LogP contribution is 2.39. The van der Waals surface area contributed by atoms with E-state index in [1.807, 2.05) is 6.07 Å². The molecule has 0 unspecified atom stereocenters. The molecule has 0 radical (unpaired) electrons. The van der Waals surface area contributed by atoms with Gasteiger partial charge in [0.05, 0.1) is 11.0 Å². The Morgan fingerprint density at radius 2 is 2.12 bits per heavy atom. The number of nitrogens with zero attached hydrogens (tertiary/aromatic N) is 1. The zero-order chi connectivity index (χ0) is 12.2. The summed E-state index contributed by atoms with van der Waals surface area (Å²) in [6.07, 6.45) is 2.33. The van der Waals surface area contributed by atoms with Gasteiger partial charge in [-0.05, 0) is 55.6 Å². The molecule has 90 valence electrons. The van der Waals surface area contributed by atoms with Gasteiger partial charge in [-0.3, -0.25) is 0 Å². The van der Waals surface area contributed by atoms with Crippen molar-refractivity contribution < 1.29 is 4.39 Å². The van der Waals surface area contributed by atoms with E-state index < -0.39 is 0 Å². The lowest BCUT2D eigenvalue weighted by molar-refractivity contribution is 0.219. The number of aromatic amines is 1. The molecule has 0 bridgehead atoms. The van der Waals surface area contributed by atoms with Crippen molar-refractivity contribution in [3.8, 4) is 0 Å². The minimum absolute atomic E-state index is 0.178. The lowest BCUT2D eigenvalue weighted by atomic mass is 9.81. The second-order valence-electron chi connectivity index (χ2n) is 5.15. The molecule has 0 saturated heterocycles. The summed E-state index contributed by atoms with van der Waals surface area (Å²) in [6, 6.07) is 3.91. The molecule has 0 spiro atoms. The van der Waals surface area contributed by atoms with Crippen LogP contribution in [0.1, 0.15) is 31.4 Å². The van der Waals surface area contributed by atoms with Gasteiger partial charge >= 0.3 is 0 Å². The fraction of sp³-hybridized carbons (Fsp3) is 0.462. The summed E-state index contributed by atoms with van der Waals surface area (Å²) in [7, 11) is 0. The van der Waals surface area contributed by atoms with Gasteiger partial charge in [0.1, 0.15) is 5.82 Å². The van der Waals surface area contributed by atoms with E-state index in [1.165, 1.54) is 0 Å². The van der Waals surface area contributed by atoms with E-state index in [0.717, 1.165) is 29.8 Å². The molecule has 3 rings (SSSR count). The highest BCUT2D eigenvalue weighted by atomic mass is 32.1. The Hall–Kier alpha value is -1.16. The normalized spacial score (nSPS) is 23.9. The van der Waals surface area contributed by atoms with Crippen LogP contribution in [0.4, 0.5) is 4.39 Å². The van der Waals surface area contributed by atoms with Crippen molar-refractivity contribution in [3.63, 3.8) is 0 Å². The van der Waals surface area contributed by atoms with E-state index in [4.69, 9.17) is 12.2 Å². The summed E-state index contributed by atoms with van der Waals surface area (Å²) < 4.78 is 16.3. The van der Waals surface area contributed by atoms with Crippen molar-refractivity contribution in [2.75, 3.05) is 0 Å². The number of hydrogen-bond donors (Lipinski definition) is 1. The van der Waals surface area contributed by atoms with Crippen LogP contribution >= 0.6 is 12.2 Å². The van der Waals surface area contributed by atoms with Crippen LogP contribution in [0.15, 0.2) is 12.1 Å². The van der Waals surface area contributed by atoms with Crippen LogP contribution in [-0.4, -0.2) is 9.55 Å². The minimum Gasteiger partial charge on any atom is -0.330 e. The monoisotopic (exact) mass is 250 g/mol. The predicted molar refractivity (Wildman–Crippen MR) is 69.3 cm³/mol. The molecule has 1 aliphatic rings. The lowest BCUT2D eigenvalue weighted by Gasteiger charge is -2.34. The Labute approximate surface area is 104 Å². The standard InChI is InChI=1S/C13H15FN2S/c1-7-3-9(4-7)16-12-5-8(2)10(14)6-11(12)15-13(16)17/h5-7,9H,3-4H2,1-2H3,(H,15,17). The zero-order valence-electron chi connectivity index (χ0n) is 9.96. The van der Waals surface area contributed by atoms with Gasteiger partial charge < -0.3 is 9.55 Å². The summed E-state index contributed by atoms with van der Waals surface area (Å²) >= 11 is 5.34. The number of nitrogens with one attached hydrogen (secondary N) is 1. The summed E-state index contributed by atoms with van der Waals surface area (Å²) in [5.41, 5.74) is 2.51. The molecular formula is C13H15FN2S. The second kappa shape index (κ2) is 3.67. The van der Waals surface area contributed by atoms with E-state index in [9.17, 15) is 4.39 Å². The SMILES string of the molecule is Cc1cc2c(cc1F)[nH]c(=S)n2C1CC(C)C1. The molecular weight excluding hydrogens is 235 g/mol. The lowest BCUT2D eigenvalue weighted by Crippen LogP contribution is -2.24. The fourth-order valence-corrected chi connectivity index (χ4v) is 3.04. The van der Waals surface area contributed by atoms with E-state index >= 15 is 0 Å². The van der Waals surface area contributed by atoms with E-state index in [2.05, 4.69) is 16.5 Å². The van der Waals surface area contributed by atoms with Crippen LogP contribution in [0.5, 0.6) is 0 Å². The maximum atomic E-state index is 13.5. The highest BCUT2D eigenvalue weighted by Gasteiger charge is 2.28. The number of imidazole rings is 1. The van der Waals surface area contributed by atoms with Gasteiger partial charge in [0, 0.05) is 6.04 Å². The topological polar surface area (TPSA) is 20.7 Å². The van der Waals surface area contributed by atoms with Crippen LogP contribution in [0.3, 0.4) is 0 Å². The quantitative estimate of drug-likeness (QED) is 0.755. The van der Waals surface area contributed by atoms with Crippen molar-refractivity contribution in [3.05, 3.63) is 28.3 Å². The Balaban J connectivity index is 2.20. The van der Waals surface area contributed by atoms with Crippen molar-refractivity contribution in [2.45, 2.75) is 32.7 Å². The second-order valence-corrected chi connectivity index (χ2v) is 5.54. The average molecular weight is 250 g/mol. The predicted octanol–water partition coefficient (Wildman–Crippen LogP) is 4.12. The van der Waals surface area contributed by atoms with Crippen molar-refractivity contribution in [1.82, 2.24) is 9.55 Å². The third kappa shape index (κ3) is 1.62. The molecule has 1 saturated carbocycles. The Morgan fingerprint density at radius 3 is 2.76 bits per heavy atom. The number of fused-ring (bicyclic) bond motifs is 1. The van der Waals surface area contributed by atoms with E-state index in [1.54, 1.807) is 13.0 Å². The molecule has 2 nitrogen and oxygen atoms in total. The summed E-state index contributed by atoms with van der Waals surface area (Å²) in [5.74, 6) is 0.594. The molecule has 0 amide bonds. The summed E-state index contributed by atoms with van der Waals surface area (Å²) in [6.45, 7) is 4.04. The van der Waals surface area contributed by atoms with E-state index in [0.29, 0.717) is 16.4 Å². The number of halogens is 1. The molecule has 1 fully saturated rings. The number of benzene rings is 1. The molecule has 1 N–H and O–H groups in total. The first-order chi connectivity index (χ1) is 8.06. The van der Waals surface area contributed by atoms with Gasteiger partial charge in [0.25, 0.3) is 0 Å². The van der Waals surface area contributed by atoms with Gasteiger partial charge in [-0.2, -0.15) is 0 Å². The van der Waals surface area contributed by atoms with Crippen molar-refractivity contribution in [2.24, 2.45) is 5.92 Å². The van der Waals surface area contributed by atoms with Gasteiger partial charge in [-0.25, -0.2) is 4.39 Å². The smallest absolute Gasteiger partial charge is 0.178 e. The maximum absolute atomic E-state index is 13.5. The first-order valence-corrected chi connectivity index (χ1v) is 6.37. The molecule has 2 aromatic rings. The molecule has 1 aliphatic carbocycles. The number of H-pyrrole nitrogens is 1. The van der Waals surface area contributed by atoms with Crippen LogP contribution in [-0.2, 0) is 0 Å². The van der Waals surface area contributed by atoms with Gasteiger partial charge in [0.15, 0.2) is 4.77 Å². The first kappa shape index (κ1) is 11.0. The van der Waals surface area contributed by atoms with Crippen LogP contribution in [0, 0.1) is 23.4 Å². The number of aryl methyl sites for hydroxylation is 1. The fourth-order valence-electron chi connectivity index (χ4n) is 2.68. The van der Waals surface area contributed by atoms with Gasteiger partial charge in [-0.1, -0.05) is 6.92 Å². The Bertz CT molecular complexity index is 635. The molecule has 0 aliphatic heterocycles. The Morgan fingerprint density at radius 1 is 1.41 bits per heavy atom. The molecule has 1 heterocycles. The molecule has 0 atom stereocenters. The maximum Gasteiger partial charge on any atom is 0.178 e. The molecule has 4 heteroatoms. The largest absolute Gasteiger partial charge is 0.330 e. The van der Waals surface area contributed by atoms with E-state index in [-0.39, 0.29) is 5.82 Å². The van der Waals surface area contributed by atoms with Gasteiger partial charge in [-0.15, -0.1) is 0 Å². The third-order valence-electron chi connectivity index (χ3n) is 3.71. The van der Waals surface area contributed by atoms with Crippen molar-refractivity contribution in [1.29, 1.82) is 0 Å². The zero-order valence-corrected chi connectivity index (χ0v) is 10.8. The molecule has 17 heavy (non-hydrogen) atoms. The number of hydrogen-bond acceptors (Lipinski definition) is 1. The minimum atomic E-state index is -0.178. The number of aromatic nitrogens is 2. The summed E-state index contributed by atoms with van der Waals surface area (Å²) in [5, 5.41) is 0. The van der Waals surface area contributed by atoms with Crippen LogP contribution < -0.4 is 0 Å². The average Bonchev–Trinajstić information content (AvgIpc) is 2.51.